The molecule has 0 saturated heterocycles. The Labute approximate surface area is 231 Å². The molecule has 0 atom stereocenters. The van der Waals surface area contributed by atoms with Gasteiger partial charge in [-0.25, -0.2) is 5.43 Å². The summed E-state index contributed by atoms with van der Waals surface area (Å²) >= 11 is 6.35. The maximum atomic E-state index is 13.2. The van der Waals surface area contributed by atoms with E-state index in [1.165, 1.54) is 37.6 Å². The second kappa shape index (κ2) is 11.7. The Morgan fingerprint density at radius 3 is 2.05 bits per heavy atom. The van der Waals surface area contributed by atoms with Crippen LogP contribution in [-0.4, -0.2) is 32.8 Å². The molecule has 8 nitrogen and oxygen atoms in total. The van der Waals surface area contributed by atoms with Gasteiger partial charge in [0.15, 0.2) is 11.4 Å². The van der Waals surface area contributed by atoms with E-state index in [2.05, 4.69) is 10.5 Å². The van der Waals surface area contributed by atoms with Gasteiger partial charge in [-0.2, -0.15) is 13.5 Å². The van der Waals surface area contributed by atoms with E-state index in [0.717, 1.165) is 5.56 Å². The summed E-state index contributed by atoms with van der Waals surface area (Å²) in [6.07, 6.45) is 1.28. The van der Waals surface area contributed by atoms with Crippen LogP contribution in [0.5, 0.6) is 11.5 Å². The minimum Gasteiger partial charge on any atom is -0.493 e. The van der Waals surface area contributed by atoms with Gasteiger partial charge in [-0.3, -0.25) is 4.79 Å². The number of ether oxygens (including phenoxy) is 1. The molecule has 0 unspecified atom stereocenters. The van der Waals surface area contributed by atoms with E-state index in [0.29, 0.717) is 16.7 Å². The third-order valence-electron chi connectivity index (χ3n) is 5.85. The number of carbonyl (C=O) groups excluding carboxylic acids is 1. The molecule has 39 heavy (non-hydrogen) atoms. The van der Waals surface area contributed by atoms with Crippen molar-refractivity contribution in [1.29, 1.82) is 0 Å². The van der Waals surface area contributed by atoms with Gasteiger partial charge in [-0.05, 0) is 47.9 Å². The summed E-state index contributed by atoms with van der Waals surface area (Å²) in [5, 5.41) is 15.4. The lowest BCUT2D eigenvalue weighted by molar-refractivity contribution is -0.136. The van der Waals surface area contributed by atoms with Crippen molar-refractivity contribution >= 4 is 33.8 Å². The second-order valence-electron chi connectivity index (χ2n) is 8.53. The van der Waals surface area contributed by atoms with Crippen molar-refractivity contribution in [3.63, 3.8) is 0 Å². The Balaban J connectivity index is 1.57. The number of hydrogen-bond acceptors (Lipinski definition) is 7. The average molecular weight is 565 g/mol. The molecule has 0 aromatic heterocycles. The zero-order valence-electron chi connectivity index (χ0n) is 21.0. The third-order valence-corrected chi connectivity index (χ3v) is 7.36. The molecular formula is C29H25ClN2O6S. The molecule has 0 radical (unpaired) electrons. The number of hydrogen-bond donors (Lipinski definition) is 2. The molecule has 0 saturated carbocycles. The molecular weight excluding hydrogens is 540 g/mol. The molecule has 0 spiro atoms. The number of hydrazone groups is 1. The number of benzene rings is 4. The third kappa shape index (κ3) is 6.12. The topological polar surface area (TPSA) is 114 Å². The first-order chi connectivity index (χ1) is 18.6. The van der Waals surface area contributed by atoms with Gasteiger partial charge in [0.05, 0.1) is 18.3 Å². The van der Waals surface area contributed by atoms with Crippen LogP contribution in [0.1, 0.15) is 22.3 Å². The van der Waals surface area contributed by atoms with Crippen molar-refractivity contribution in [3.8, 4) is 11.5 Å². The normalized spacial score (nSPS) is 11.8. The van der Waals surface area contributed by atoms with Crippen LogP contribution in [0.4, 0.5) is 0 Å². The van der Waals surface area contributed by atoms with Crippen LogP contribution in [-0.2, 0) is 20.5 Å². The van der Waals surface area contributed by atoms with Gasteiger partial charge >= 0.3 is 10.1 Å². The van der Waals surface area contributed by atoms with Gasteiger partial charge in [0.25, 0.3) is 5.91 Å². The molecule has 1 amide bonds. The predicted molar refractivity (Wildman–Crippen MR) is 149 cm³/mol. The van der Waals surface area contributed by atoms with Gasteiger partial charge in [-0.15, -0.1) is 0 Å². The van der Waals surface area contributed by atoms with Gasteiger partial charge < -0.3 is 14.0 Å². The Morgan fingerprint density at radius 1 is 0.949 bits per heavy atom. The number of rotatable bonds is 9. The van der Waals surface area contributed by atoms with Crippen molar-refractivity contribution in [2.24, 2.45) is 5.10 Å². The average Bonchev–Trinajstić information content (AvgIpc) is 2.95. The Bertz CT molecular complexity index is 1550. The lowest BCUT2D eigenvalue weighted by Crippen LogP contribution is -2.43. The van der Waals surface area contributed by atoms with Crippen molar-refractivity contribution in [1.82, 2.24) is 5.43 Å². The molecule has 0 aliphatic rings. The van der Waals surface area contributed by atoms with Gasteiger partial charge in [0, 0.05) is 0 Å². The molecule has 200 valence electrons. The van der Waals surface area contributed by atoms with Gasteiger partial charge in [0.1, 0.15) is 4.90 Å². The monoisotopic (exact) mass is 564 g/mol. The number of amides is 1. The SMILES string of the molecule is COc1cc(/C=N\NC(=O)C(O)(c2ccccc2)c2ccccc2)cc(Cl)c1OS(=O)(=O)c1ccc(C)cc1. The number of halogens is 1. The van der Waals surface area contributed by atoms with Crippen LogP contribution < -0.4 is 14.3 Å². The summed E-state index contributed by atoms with van der Waals surface area (Å²) in [6.45, 7) is 1.84. The van der Waals surface area contributed by atoms with Crippen LogP contribution in [0.3, 0.4) is 0 Å². The van der Waals surface area contributed by atoms with Crippen LogP contribution in [0, 0.1) is 6.92 Å². The fraction of sp³-hybridized carbons (Fsp3) is 0.103. The number of methoxy groups -OCH3 is 1. The number of nitrogens with one attached hydrogen (secondary N) is 1. The fourth-order valence-corrected chi connectivity index (χ4v) is 5.05. The largest absolute Gasteiger partial charge is 0.493 e. The molecule has 0 bridgehead atoms. The maximum Gasteiger partial charge on any atom is 0.339 e. The maximum absolute atomic E-state index is 13.2. The van der Waals surface area contributed by atoms with E-state index >= 15 is 0 Å². The summed E-state index contributed by atoms with van der Waals surface area (Å²) < 4.78 is 36.1. The standard InChI is InChI=1S/C29H25ClN2O6S/c1-20-13-15-24(16-14-20)39(35,36)38-27-25(30)17-21(18-26(27)37-2)19-31-32-28(33)29(34,22-9-5-3-6-10-22)23-11-7-4-8-12-23/h3-19,34H,1-2H3,(H,32,33)/b31-19-. The highest BCUT2D eigenvalue weighted by molar-refractivity contribution is 7.87. The quantitative estimate of drug-likeness (QED) is 0.171. The Hall–Kier alpha value is -4.18. The van der Waals surface area contributed by atoms with Gasteiger partial charge in [-0.1, -0.05) is 90.0 Å². The zero-order valence-corrected chi connectivity index (χ0v) is 22.6. The summed E-state index contributed by atoms with van der Waals surface area (Å²) in [5.74, 6) is -0.933. The molecule has 0 heterocycles. The summed E-state index contributed by atoms with van der Waals surface area (Å²) in [7, 11) is -2.85. The highest BCUT2D eigenvalue weighted by atomic mass is 35.5. The van der Waals surface area contributed by atoms with Crippen molar-refractivity contribution in [2.45, 2.75) is 17.4 Å². The molecule has 4 aromatic rings. The molecule has 0 aliphatic carbocycles. The second-order valence-corrected chi connectivity index (χ2v) is 10.5. The molecule has 0 aliphatic heterocycles. The Morgan fingerprint density at radius 2 is 1.51 bits per heavy atom. The van der Waals surface area contributed by atoms with Crippen molar-refractivity contribution < 1.29 is 27.2 Å². The fourth-order valence-electron chi connectivity index (χ4n) is 3.79. The lowest BCUT2D eigenvalue weighted by atomic mass is 9.85. The first kappa shape index (κ1) is 27.8. The summed E-state index contributed by atoms with van der Waals surface area (Å²) in [4.78, 5) is 13.2. The van der Waals surface area contributed by atoms with Crippen molar-refractivity contribution in [2.75, 3.05) is 7.11 Å². The first-order valence-corrected chi connectivity index (χ1v) is 13.5. The van der Waals surface area contributed by atoms with Crippen LogP contribution in [0.2, 0.25) is 5.02 Å². The van der Waals surface area contributed by atoms with Crippen LogP contribution >= 0.6 is 11.6 Å². The van der Waals surface area contributed by atoms with Crippen molar-refractivity contribution in [3.05, 3.63) is 124 Å². The molecule has 0 fully saturated rings. The minimum atomic E-state index is -4.18. The van der Waals surface area contributed by atoms with Gasteiger partial charge in [0.2, 0.25) is 5.75 Å². The first-order valence-electron chi connectivity index (χ1n) is 11.7. The predicted octanol–water partition coefficient (Wildman–Crippen LogP) is 4.81. The highest BCUT2D eigenvalue weighted by Gasteiger charge is 2.39. The minimum absolute atomic E-state index is 0.0380. The van der Waals surface area contributed by atoms with E-state index in [1.807, 2.05) is 6.92 Å². The molecule has 4 rings (SSSR count). The van der Waals surface area contributed by atoms with E-state index in [4.69, 9.17) is 20.5 Å². The number of carbonyl (C=O) groups is 1. The zero-order chi connectivity index (χ0) is 28.0. The molecule has 2 N–H and O–H groups in total. The van der Waals surface area contributed by atoms with Crippen LogP contribution in [0.25, 0.3) is 0 Å². The van der Waals surface area contributed by atoms with E-state index in [9.17, 15) is 18.3 Å². The van der Waals surface area contributed by atoms with E-state index in [-0.39, 0.29) is 21.4 Å². The number of aliphatic hydroxyl groups is 1. The summed E-state index contributed by atoms with van der Waals surface area (Å²) in [6, 6.07) is 26.0. The van der Waals surface area contributed by atoms with E-state index in [1.54, 1.807) is 72.8 Å². The number of nitrogens with zero attached hydrogens (tertiary/aromatic N) is 1. The molecule has 4 aromatic carbocycles. The smallest absolute Gasteiger partial charge is 0.339 e. The lowest BCUT2D eigenvalue weighted by Gasteiger charge is -2.27. The van der Waals surface area contributed by atoms with E-state index < -0.39 is 21.6 Å². The van der Waals surface area contributed by atoms with Crippen LogP contribution in [0.15, 0.2) is 107 Å². The Kier molecular flexibility index (Phi) is 8.35. The molecule has 10 heteroatoms. The summed E-state index contributed by atoms with van der Waals surface area (Å²) in [5.41, 5.74) is 2.37. The highest BCUT2D eigenvalue weighted by Crippen LogP contribution is 2.38. The number of aryl methyl sites for hydroxylation is 1.